The number of ketones is 1. The van der Waals surface area contributed by atoms with Gasteiger partial charge in [0.25, 0.3) is 0 Å². The van der Waals surface area contributed by atoms with Crippen molar-refractivity contribution < 1.29 is 24.6 Å². The lowest BCUT2D eigenvalue weighted by Crippen LogP contribution is -2.28. The van der Waals surface area contributed by atoms with Crippen LogP contribution >= 0.6 is 23.5 Å². The van der Waals surface area contributed by atoms with E-state index in [1.54, 1.807) is 0 Å². The molecule has 2 rings (SSSR count). The first-order chi connectivity index (χ1) is 25.3. The van der Waals surface area contributed by atoms with Crippen LogP contribution in [0.2, 0.25) is 0 Å². The highest BCUT2D eigenvalue weighted by atomic mass is 32.2. The van der Waals surface area contributed by atoms with Crippen molar-refractivity contribution in [1.29, 1.82) is 0 Å². The van der Waals surface area contributed by atoms with Gasteiger partial charge in [0.2, 0.25) is 0 Å². The van der Waals surface area contributed by atoms with Gasteiger partial charge in [-0.3, -0.25) is 14.4 Å². The second-order valence-corrected chi connectivity index (χ2v) is 19.2. The van der Waals surface area contributed by atoms with Crippen molar-refractivity contribution in [2.75, 3.05) is 23.0 Å². The monoisotopic (exact) mass is 767 g/mol. The van der Waals surface area contributed by atoms with Gasteiger partial charge in [-0.1, -0.05) is 142 Å². The van der Waals surface area contributed by atoms with E-state index in [9.17, 15) is 24.6 Å². The molecule has 0 spiro atoms. The molecule has 0 aromatic rings. The van der Waals surface area contributed by atoms with E-state index in [-0.39, 0.29) is 23.7 Å². The van der Waals surface area contributed by atoms with Crippen molar-refractivity contribution in [3.8, 4) is 0 Å². The number of hydrogen-bond acceptors (Lipinski definition) is 5. The molecule has 0 heterocycles. The van der Waals surface area contributed by atoms with E-state index < -0.39 is 11.9 Å². The predicted octanol–water partition coefficient (Wildman–Crippen LogP) is 13.7. The fraction of sp³-hybridized carbons (Fsp3) is 0.933. The summed E-state index contributed by atoms with van der Waals surface area (Å²) in [5.74, 6) is 4.55. The van der Waals surface area contributed by atoms with Crippen LogP contribution < -0.4 is 0 Å². The van der Waals surface area contributed by atoms with Crippen LogP contribution in [0.4, 0.5) is 0 Å². The molecule has 2 fully saturated rings. The standard InChI is InChI=1S/C45H82O5S2/c1-3-5-7-21-31-51-35-39(42(44(47)48)33-37-23-13-9-14-24-37)27-17-11-19-29-41(46)30-20-12-18-28-40(36-52-32-22-8-6-4-2)43(45(49)50)34-38-25-15-10-16-26-38/h37-40,42-43H,3-36H2,1-2H3,(H,47,48)(H,49,50). The molecule has 5 nitrogen and oxygen atoms in total. The summed E-state index contributed by atoms with van der Waals surface area (Å²) in [6.07, 6.45) is 33.3. The fourth-order valence-electron chi connectivity index (χ4n) is 9.02. The van der Waals surface area contributed by atoms with Crippen LogP contribution in [-0.4, -0.2) is 50.9 Å². The van der Waals surface area contributed by atoms with Crippen LogP contribution in [0.25, 0.3) is 0 Å². The zero-order chi connectivity index (χ0) is 37.7. The molecule has 0 aromatic carbocycles. The average Bonchev–Trinajstić information content (AvgIpc) is 3.14. The number of thioether (sulfide) groups is 2. The van der Waals surface area contributed by atoms with E-state index >= 15 is 0 Å². The highest BCUT2D eigenvalue weighted by Crippen LogP contribution is 2.37. The Balaban J connectivity index is 1.74. The van der Waals surface area contributed by atoms with Gasteiger partial charge in [-0.05, 0) is 98.0 Å². The van der Waals surface area contributed by atoms with Crippen LogP contribution in [-0.2, 0) is 14.4 Å². The molecule has 0 bridgehead atoms. The first-order valence-electron chi connectivity index (χ1n) is 22.5. The van der Waals surface area contributed by atoms with Gasteiger partial charge in [0.15, 0.2) is 0 Å². The third-order valence-corrected chi connectivity index (χ3v) is 14.9. The van der Waals surface area contributed by atoms with Crippen LogP contribution in [0, 0.1) is 35.5 Å². The van der Waals surface area contributed by atoms with Crippen LogP contribution in [0.3, 0.4) is 0 Å². The first-order valence-corrected chi connectivity index (χ1v) is 24.8. The predicted molar refractivity (Wildman–Crippen MR) is 226 cm³/mol. The summed E-state index contributed by atoms with van der Waals surface area (Å²) in [6, 6.07) is 0. The van der Waals surface area contributed by atoms with E-state index in [1.807, 2.05) is 23.5 Å². The number of aliphatic carboxylic acids is 2. The molecule has 0 aliphatic heterocycles. The highest BCUT2D eigenvalue weighted by molar-refractivity contribution is 7.99. The molecule has 2 aliphatic rings. The Morgan fingerprint density at radius 3 is 1.27 bits per heavy atom. The van der Waals surface area contributed by atoms with Gasteiger partial charge in [-0.15, -0.1) is 0 Å². The Hall–Kier alpha value is -0.690. The van der Waals surface area contributed by atoms with Crippen LogP contribution in [0.15, 0.2) is 0 Å². The van der Waals surface area contributed by atoms with E-state index in [0.717, 1.165) is 87.2 Å². The summed E-state index contributed by atoms with van der Waals surface area (Å²) in [4.78, 5) is 37.8. The lowest BCUT2D eigenvalue weighted by Gasteiger charge is -2.29. The Bertz CT molecular complexity index is 830. The summed E-state index contributed by atoms with van der Waals surface area (Å²) in [6.45, 7) is 4.48. The summed E-state index contributed by atoms with van der Waals surface area (Å²) in [7, 11) is 0. The van der Waals surface area contributed by atoms with Crippen molar-refractivity contribution in [1.82, 2.24) is 0 Å². The third-order valence-electron chi connectivity index (χ3n) is 12.4. The van der Waals surface area contributed by atoms with Crippen LogP contribution in [0.5, 0.6) is 0 Å². The molecule has 0 radical (unpaired) electrons. The smallest absolute Gasteiger partial charge is 0.306 e. The van der Waals surface area contributed by atoms with Gasteiger partial charge in [-0.2, -0.15) is 23.5 Å². The van der Waals surface area contributed by atoms with Gasteiger partial charge in [-0.25, -0.2) is 0 Å². The molecule has 52 heavy (non-hydrogen) atoms. The molecular weight excluding hydrogens is 685 g/mol. The second-order valence-electron chi connectivity index (χ2n) is 16.9. The zero-order valence-electron chi connectivity index (χ0n) is 33.9. The molecule has 0 aromatic heterocycles. The van der Waals surface area contributed by atoms with Crippen molar-refractivity contribution in [2.45, 2.75) is 206 Å². The molecule has 304 valence electrons. The van der Waals surface area contributed by atoms with Gasteiger partial charge in [0.05, 0.1) is 11.8 Å². The molecule has 0 amide bonds. The number of carbonyl (C=O) groups is 3. The molecule has 4 atom stereocenters. The molecule has 0 saturated heterocycles. The molecular formula is C45H82O5S2. The van der Waals surface area contributed by atoms with Crippen molar-refractivity contribution in [3.05, 3.63) is 0 Å². The highest BCUT2D eigenvalue weighted by Gasteiger charge is 2.32. The Kier molecular flexibility index (Phi) is 28.8. The minimum Gasteiger partial charge on any atom is -0.481 e. The van der Waals surface area contributed by atoms with Crippen molar-refractivity contribution >= 4 is 41.2 Å². The normalized spacial score (nSPS) is 18.2. The first kappa shape index (κ1) is 47.5. The molecule has 2 aliphatic carbocycles. The quantitative estimate of drug-likeness (QED) is 0.0630. The number of carbonyl (C=O) groups excluding carboxylic acids is 1. The second kappa shape index (κ2) is 31.5. The van der Waals surface area contributed by atoms with E-state index in [0.29, 0.717) is 30.5 Å². The van der Waals surface area contributed by atoms with Gasteiger partial charge < -0.3 is 10.2 Å². The minimum absolute atomic E-state index is 0.227. The Labute approximate surface area is 329 Å². The topological polar surface area (TPSA) is 91.7 Å². The third kappa shape index (κ3) is 22.6. The summed E-state index contributed by atoms with van der Waals surface area (Å²) in [5, 5.41) is 20.6. The molecule has 2 N–H and O–H groups in total. The lowest BCUT2D eigenvalue weighted by molar-refractivity contribution is -0.145. The van der Waals surface area contributed by atoms with Gasteiger partial charge in [0.1, 0.15) is 5.78 Å². The average molecular weight is 767 g/mol. The molecule has 7 heteroatoms. The number of carboxylic acids is 2. The zero-order valence-corrected chi connectivity index (χ0v) is 35.6. The Morgan fingerprint density at radius 2 is 0.904 bits per heavy atom. The lowest BCUT2D eigenvalue weighted by atomic mass is 9.77. The van der Waals surface area contributed by atoms with E-state index in [4.69, 9.17) is 0 Å². The molecule has 2 saturated carbocycles. The van der Waals surface area contributed by atoms with Gasteiger partial charge >= 0.3 is 11.9 Å². The number of unbranched alkanes of at least 4 members (excludes halogenated alkanes) is 10. The van der Waals surface area contributed by atoms with E-state index in [1.165, 1.54) is 116 Å². The van der Waals surface area contributed by atoms with Gasteiger partial charge in [0, 0.05) is 12.8 Å². The number of Topliss-reactive ketones (excluding diaryl/α,β-unsaturated/α-hetero) is 1. The number of carboxylic acid groups (broad SMARTS) is 2. The van der Waals surface area contributed by atoms with Crippen LogP contribution in [0.1, 0.15) is 206 Å². The number of rotatable bonds is 34. The summed E-state index contributed by atoms with van der Waals surface area (Å²) < 4.78 is 0. The number of hydrogen-bond donors (Lipinski definition) is 2. The maximum absolute atomic E-state index is 12.8. The summed E-state index contributed by atoms with van der Waals surface area (Å²) >= 11 is 3.95. The van der Waals surface area contributed by atoms with E-state index in [2.05, 4.69) is 13.8 Å². The maximum atomic E-state index is 12.8. The maximum Gasteiger partial charge on any atom is 0.306 e. The fourth-order valence-corrected chi connectivity index (χ4v) is 11.6. The summed E-state index contributed by atoms with van der Waals surface area (Å²) in [5.41, 5.74) is 0. The largest absolute Gasteiger partial charge is 0.481 e. The van der Waals surface area contributed by atoms with Crippen molar-refractivity contribution in [3.63, 3.8) is 0 Å². The SMILES string of the molecule is CCCCCCSCC(CCCCCC(=O)CCCCCC(CSCCCCCC)C(CC1CCCCC1)C(=O)O)C(CC1CCCCC1)C(=O)O. The minimum atomic E-state index is -0.590. The Morgan fingerprint density at radius 1 is 0.519 bits per heavy atom. The van der Waals surface area contributed by atoms with Crippen molar-refractivity contribution in [2.24, 2.45) is 35.5 Å². The molecule has 4 unspecified atom stereocenters.